The average molecular weight is 330 g/mol. The minimum atomic E-state index is -0.444. The van der Waals surface area contributed by atoms with Crippen LogP contribution in [-0.4, -0.2) is 46.1 Å². The Balaban J connectivity index is 1.69. The number of aromatic nitrogens is 4. The fourth-order valence-electron chi connectivity index (χ4n) is 3.15. The molecule has 0 bridgehead atoms. The Morgan fingerprint density at radius 1 is 1.50 bits per heavy atom. The Labute approximate surface area is 140 Å². The highest BCUT2D eigenvalue weighted by Crippen LogP contribution is 2.25. The van der Waals surface area contributed by atoms with Crippen molar-refractivity contribution in [2.45, 2.75) is 26.0 Å². The summed E-state index contributed by atoms with van der Waals surface area (Å²) in [6, 6.07) is 3.46. The van der Waals surface area contributed by atoms with Gasteiger partial charge in [0.2, 0.25) is 0 Å². The Bertz CT molecular complexity index is 701. The molecule has 1 aliphatic heterocycles. The van der Waals surface area contributed by atoms with Gasteiger partial charge in [-0.1, -0.05) is 5.21 Å². The van der Waals surface area contributed by atoms with Crippen molar-refractivity contribution in [1.82, 2.24) is 20.0 Å². The van der Waals surface area contributed by atoms with Crippen LogP contribution in [0.25, 0.3) is 0 Å². The molecule has 0 saturated carbocycles. The van der Waals surface area contributed by atoms with E-state index in [-0.39, 0.29) is 0 Å². The minimum absolute atomic E-state index is 0.415. The molecule has 1 fully saturated rings. The number of amides is 1. The highest BCUT2D eigenvalue weighted by molar-refractivity contribution is 5.97. The van der Waals surface area contributed by atoms with Crippen LogP contribution in [0.2, 0.25) is 0 Å². The Morgan fingerprint density at radius 2 is 2.38 bits per heavy atom. The van der Waals surface area contributed by atoms with Crippen molar-refractivity contribution in [1.29, 1.82) is 0 Å². The predicted molar refractivity (Wildman–Crippen MR) is 88.4 cm³/mol. The molecule has 1 aliphatic rings. The van der Waals surface area contributed by atoms with Crippen molar-refractivity contribution in [2.24, 2.45) is 11.7 Å². The lowest BCUT2D eigenvalue weighted by Crippen LogP contribution is -2.38. The second-order valence-electron chi connectivity index (χ2n) is 6.06. The van der Waals surface area contributed by atoms with Gasteiger partial charge in [0.15, 0.2) is 0 Å². The third-order valence-electron chi connectivity index (χ3n) is 4.19. The van der Waals surface area contributed by atoms with Gasteiger partial charge in [-0.15, -0.1) is 5.10 Å². The van der Waals surface area contributed by atoms with Gasteiger partial charge in [0.1, 0.15) is 11.5 Å². The quantitative estimate of drug-likeness (QED) is 0.842. The summed E-state index contributed by atoms with van der Waals surface area (Å²) in [5.41, 5.74) is 6.77. The van der Waals surface area contributed by atoms with Crippen molar-refractivity contribution >= 4 is 11.7 Å². The van der Waals surface area contributed by atoms with Gasteiger partial charge in [0.25, 0.3) is 5.91 Å². The molecular formula is C16H22N6O2. The van der Waals surface area contributed by atoms with Gasteiger partial charge in [-0.25, -0.2) is 4.98 Å². The highest BCUT2D eigenvalue weighted by Gasteiger charge is 2.24. The Morgan fingerprint density at radius 3 is 3.17 bits per heavy atom. The van der Waals surface area contributed by atoms with E-state index in [1.807, 2.05) is 10.9 Å². The molecular weight excluding hydrogens is 308 g/mol. The smallest absolute Gasteiger partial charge is 0.252 e. The van der Waals surface area contributed by atoms with Gasteiger partial charge >= 0.3 is 0 Å². The molecule has 3 rings (SSSR count). The molecule has 2 N–H and O–H groups in total. The first-order chi connectivity index (χ1) is 11.7. The monoisotopic (exact) mass is 330 g/mol. The molecule has 0 aromatic carbocycles. The number of rotatable bonds is 6. The molecule has 0 radical (unpaired) electrons. The van der Waals surface area contributed by atoms with Gasteiger partial charge in [0, 0.05) is 32.9 Å². The standard InChI is InChI=1S/C16H22N6O2/c1-24-11-13-10-22(20-19-13)9-12-4-3-7-21(8-12)16-14(15(17)23)5-2-6-18-16/h2,5-6,10,12H,3-4,7-9,11H2,1H3,(H2,17,23). The summed E-state index contributed by atoms with van der Waals surface area (Å²) in [5, 5.41) is 8.24. The van der Waals surface area contributed by atoms with Crippen molar-refractivity contribution in [3.8, 4) is 0 Å². The van der Waals surface area contributed by atoms with Gasteiger partial charge in [-0.2, -0.15) is 0 Å². The summed E-state index contributed by atoms with van der Waals surface area (Å²) in [5.74, 6) is 0.646. The van der Waals surface area contributed by atoms with Crippen LogP contribution in [0.5, 0.6) is 0 Å². The number of nitrogens with zero attached hydrogens (tertiary/aromatic N) is 5. The van der Waals surface area contributed by atoms with Gasteiger partial charge in [-0.05, 0) is 30.9 Å². The zero-order valence-electron chi connectivity index (χ0n) is 13.8. The van der Waals surface area contributed by atoms with Crippen LogP contribution >= 0.6 is 0 Å². The molecule has 3 heterocycles. The van der Waals surface area contributed by atoms with Crippen LogP contribution in [0.4, 0.5) is 5.82 Å². The average Bonchev–Trinajstić information content (AvgIpc) is 3.02. The maximum Gasteiger partial charge on any atom is 0.252 e. The van der Waals surface area contributed by atoms with E-state index >= 15 is 0 Å². The molecule has 0 spiro atoms. The number of hydrogen-bond acceptors (Lipinski definition) is 6. The number of piperidine rings is 1. The molecule has 2 aromatic rings. The lowest BCUT2D eigenvalue weighted by Gasteiger charge is -2.34. The Hall–Kier alpha value is -2.48. The first-order valence-corrected chi connectivity index (χ1v) is 8.05. The molecule has 0 aliphatic carbocycles. The molecule has 1 unspecified atom stereocenters. The highest BCUT2D eigenvalue weighted by atomic mass is 16.5. The summed E-state index contributed by atoms with van der Waals surface area (Å²) < 4.78 is 6.92. The molecule has 1 amide bonds. The molecule has 1 saturated heterocycles. The van der Waals surface area contributed by atoms with E-state index in [1.54, 1.807) is 25.4 Å². The zero-order valence-corrected chi connectivity index (χ0v) is 13.8. The van der Waals surface area contributed by atoms with E-state index in [4.69, 9.17) is 10.5 Å². The summed E-state index contributed by atoms with van der Waals surface area (Å²) >= 11 is 0. The number of nitrogens with two attached hydrogens (primary N) is 1. The second kappa shape index (κ2) is 7.39. The van der Waals surface area contributed by atoms with Gasteiger partial charge in [0.05, 0.1) is 18.4 Å². The van der Waals surface area contributed by atoms with Crippen molar-refractivity contribution in [3.05, 3.63) is 35.8 Å². The zero-order chi connectivity index (χ0) is 16.9. The SMILES string of the molecule is COCc1cn(CC2CCCN(c3ncccc3C(N)=O)C2)nn1. The maximum atomic E-state index is 11.6. The predicted octanol–water partition coefficient (Wildman–Crippen LogP) is 0.835. The number of pyridine rings is 1. The lowest BCUT2D eigenvalue weighted by molar-refractivity contribution is 0.1000. The summed E-state index contributed by atoms with van der Waals surface area (Å²) in [6.07, 6.45) is 5.76. The van der Waals surface area contributed by atoms with E-state index in [9.17, 15) is 4.79 Å². The summed E-state index contributed by atoms with van der Waals surface area (Å²) in [6.45, 7) is 2.94. The third-order valence-corrected chi connectivity index (χ3v) is 4.19. The third kappa shape index (κ3) is 3.70. The summed E-state index contributed by atoms with van der Waals surface area (Å²) in [7, 11) is 1.64. The number of ether oxygens (including phenoxy) is 1. The van der Waals surface area contributed by atoms with Gasteiger partial charge < -0.3 is 15.4 Å². The summed E-state index contributed by atoms with van der Waals surface area (Å²) in [4.78, 5) is 18.1. The first-order valence-electron chi connectivity index (χ1n) is 8.05. The van der Waals surface area contributed by atoms with E-state index in [0.29, 0.717) is 23.9 Å². The molecule has 2 aromatic heterocycles. The molecule has 8 nitrogen and oxygen atoms in total. The minimum Gasteiger partial charge on any atom is -0.378 e. The number of methoxy groups -OCH3 is 1. The number of anilines is 1. The maximum absolute atomic E-state index is 11.6. The van der Waals surface area contributed by atoms with Crippen molar-refractivity contribution in [2.75, 3.05) is 25.1 Å². The topological polar surface area (TPSA) is 99.2 Å². The van der Waals surface area contributed by atoms with E-state index in [1.165, 1.54) is 0 Å². The van der Waals surface area contributed by atoms with Crippen molar-refractivity contribution in [3.63, 3.8) is 0 Å². The normalized spacial score (nSPS) is 17.9. The van der Waals surface area contributed by atoms with Crippen molar-refractivity contribution < 1.29 is 9.53 Å². The van der Waals surface area contributed by atoms with Crippen LogP contribution in [-0.2, 0) is 17.9 Å². The van der Waals surface area contributed by atoms with Gasteiger partial charge in [-0.3, -0.25) is 9.48 Å². The molecule has 24 heavy (non-hydrogen) atoms. The second-order valence-corrected chi connectivity index (χ2v) is 6.06. The van der Waals surface area contributed by atoms with Crippen LogP contribution in [0, 0.1) is 5.92 Å². The molecule has 8 heteroatoms. The van der Waals surface area contributed by atoms with E-state index in [0.717, 1.165) is 38.2 Å². The lowest BCUT2D eigenvalue weighted by atomic mass is 9.97. The number of primary amides is 1. The number of hydrogen-bond donors (Lipinski definition) is 1. The number of carbonyl (C=O) groups is 1. The largest absolute Gasteiger partial charge is 0.378 e. The Kier molecular flexibility index (Phi) is 5.05. The van der Waals surface area contributed by atoms with E-state index in [2.05, 4.69) is 20.2 Å². The fraction of sp³-hybridized carbons (Fsp3) is 0.500. The van der Waals surface area contributed by atoms with E-state index < -0.39 is 5.91 Å². The van der Waals surface area contributed by atoms with Crippen LogP contribution in [0.15, 0.2) is 24.5 Å². The molecule has 128 valence electrons. The molecule has 1 atom stereocenters. The number of carbonyl (C=O) groups excluding carboxylic acids is 1. The van der Waals surface area contributed by atoms with Crippen LogP contribution < -0.4 is 10.6 Å². The first kappa shape index (κ1) is 16.4. The fourth-order valence-corrected chi connectivity index (χ4v) is 3.15. The van der Waals surface area contributed by atoms with Crippen LogP contribution in [0.3, 0.4) is 0 Å². The van der Waals surface area contributed by atoms with Crippen LogP contribution in [0.1, 0.15) is 28.9 Å².